The Morgan fingerprint density at radius 3 is 2.19 bits per heavy atom. The van der Waals surface area contributed by atoms with Crippen LogP contribution >= 0.6 is 0 Å². The molecule has 0 unspecified atom stereocenters. The first kappa shape index (κ1) is 24.3. The Balaban J connectivity index is 1.37. The summed E-state index contributed by atoms with van der Waals surface area (Å²) < 4.78 is 19.1. The highest BCUT2D eigenvalue weighted by Crippen LogP contribution is 2.33. The predicted octanol–water partition coefficient (Wildman–Crippen LogP) is 3.78. The average Bonchev–Trinajstić information content (AvgIpc) is 3.43. The molecule has 5 rings (SSSR count). The molecule has 3 aromatic carbocycles. The van der Waals surface area contributed by atoms with Crippen LogP contribution < -0.4 is 5.43 Å². The van der Waals surface area contributed by atoms with Crippen LogP contribution in [0.25, 0.3) is 11.0 Å². The van der Waals surface area contributed by atoms with E-state index in [9.17, 15) is 14.4 Å². The molecular weight excluding hydrogens is 474 g/mol. The fourth-order valence-electron chi connectivity index (χ4n) is 4.13. The van der Waals surface area contributed by atoms with Gasteiger partial charge in [0.05, 0.1) is 16.6 Å². The van der Waals surface area contributed by atoms with Crippen molar-refractivity contribution < 1.29 is 23.8 Å². The van der Waals surface area contributed by atoms with Gasteiger partial charge in [-0.2, -0.15) is 0 Å². The lowest BCUT2D eigenvalue weighted by Crippen LogP contribution is -2.32. The molecule has 0 bridgehead atoms. The van der Waals surface area contributed by atoms with Crippen molar-refractivity contribution in [2.45, 2.75) is 38.7 Å². The quantitative estimate of drug-likeness (QED) is 0.369. The van der Waals surface area contributed by atoms with Gasteiger partial charge in [0.15, 0.2) is 11.7 Å². The summed E-state index contributed by atoms with van der Waals surface area (Å²) in [4.78, 5) is 37.3. The standard InChI is InChI=1S/C28H25N3O6/c1-17-3-7-19(8-4-17)27(33)35-16-25-24(37-28(34)20-9-5-18(2)6-10-20)15-26(36-25)31-23-14-12-21(32)11-13-22(23)29-30-31/h3-14,24-26H,15-16H2,1-2H3/t24-,25+,26-/m0/s1. The minimum Gasteiger partial charge on any atom is -0.459 e. The number of aromatic nitrogens is 3. The normalized spacial score (nSPS) is 19.0. The van der Waals surface area contributed by atoms with Crippen molar-refractivity contribution in [2.24, 2.45) is 0 Å². The van der Waals surface area contributed by atoms with Gasteiger partial charge in [0.25, 0.3) is 0 Å². The number of esters is 2. The van der Waals surface area contributed by atoms with Crippen LogP contribution in [0.15, 0.2) is 77.6 Å². The molecule has 9 nitrogen and oxygen atoms in total. The second-order valence-corrected chi connectivity index (χ2v) is 9.01. The topological polar surface area (TPSA) is 110 Å². The molecule has 0 aliphatic carbocycles. The van der Waals surface area contributed by atoms with E-state index < -0.39 is 30.4 Å². The van der Waals surface area contributed by atoms with Crippen LogP contribution in [0, 0.1) is 13.8 Å². The zero-order valence-corrected chi connectivity index (χ0v) is 20.4. The molecular formula is C28H25N3O6. The molecule has 1 saturated heterocycles. The van der Waals surface area contributed by atoms with Crippen LogP contribution in [-0.4, -0.2) is 45.7 Å². The fraction of sp³-hybridized carbons (Fsp3) is 0.250. The summed E-state index contributed by atoms with van der Waals surface area (Å²) in [6, 6.07) is 20.1. The number of ether oxygens (including phenoxy) is 3. The average molecular weight is 500 g/mol. The van der Waals surface area contributed by atoms with E-state index in [1.54, 1.807) is 41.1 Å². The largest absolute Gasteiger partial charge is 0.459 e. The van der Waals surface area contributed by atoms with Crippen molar-refractivity contribution >= 4 is 23.0 Å². The Hall–Kier alpha value is -4.37. The van der Waals surface area contributed by atoms with E-state index >= 15 is 0 Å². The minimum absolute atomic E-state index is 0.125. The Kier molecular flexibility index (Phi) is 6.78. The molecule has 2 heterocycles. The summed E-state index contributed by atoms with van der Waals surface area (Å²) in [6.45, 7) is 3.74. The van der Waals surface area contributed by atoms with Gasteiger partial charge in [0, 0.05) is 6.42 Å². The minimum atomic E-state index is -0.736. The van der Waals surface area contributed by atoms with Crippen LogP contribution in [0.4, 0.5) is 0 Å². The third-order valence-corrected chi connectivity index (χ3v) is 6.23. The molecule has 188 valence electrons. The van der Waals surface area contributed by atoms with Gasteiger partial charge in [-0.1, -0.05) is 40.6 Å². The van der Waals surface area contributed by atoms with Gasteiger partial charge < -0.3 is 14.2 Å². The lowest BCUT2D eigenvalue weighted by molar-refractivity contribution is -0.0593. The van der Waals surface area contributed by atoms with Crippen molar-refractivity contribution in [1.29, 1.82) is 0 Å². The van der Waals surface area contributed by atoms with E-state index in [0.717, 1.165) is 11.1 Å². The lowest BCUT2D eigenvalue weighted by Gasteiger charge is -2.19. The summed E-state index contributed by atoms with van der Waals surface area (Å²) in [5, 5.41) is 8.33. The smallest absolute Gasteiger partial charge is 0.338 e. The Labute approximate surface area is 212 Å². The van der Waals surface area contributed by atoms with E-state index in [-0.39, 0.29) is 18.5 Å². The summed E-state index contributed by atoms with van der Waals surface area (Å²) in [7, 11) is 0. The second-order valence-electron chi connectivity index (χ2n) is 9.01. The van der Waals surface area contributed by atoms with Crippen molar-refractivity contribution in [3.63, 3.8) is 0 Å². The summed E-state index contributed by atoms with van der Waals surface area (Å²) in [5.74, 6) is -1.01. The predicted molar refractivity (Wildman–Crippen MR) is 134 cm³/mol. The molecule has 9 heteroatoms. The molecule has 4 aromatic rings. The molecule has 0 spiro atoms. The van der Waals surface area contributed by atoms with Crippen molar-refractivity contribution in [3.8, 4) is 0 Å². The molecule has 0 amide bonds. The maximum atomic E-state index is 12.9. The Morgan fingerprint density at radius 2 is 1.51 bits per heavy atom. The van der Waals surface area contributed by atoms with Crippen LogP contribution in [0.2, 0.25) is 0 Å². The number of benzene rings is 2. The number of fused-ring (bicyclic) bond motifs is 1. The number of aryl methyl sites for hydroxylation is 2. The van der Waals surface area contributed by atoms with Crippen LogP contribution in [-0.2, 0) is 14.2 Å². The molecule has 1 aromatic heterocycles. The van der Waals surface area contributed by atoms with Crippen LogP contribution in [0.3, 0.4) is 0 Å². The number of rotatable bonds is 6. The van der Waals surface area contributed by atoms with Gasteiger partial charge in [0.2, 0.25) is 0 Å². The van der Waals surface area contributed by atoms with E-state index in [1.807, 2.05) is 38.1 Å². The highest BCUT2D eigenvalue weighted by Gasteiger charge is 2.41. The van der Waals surface area contributed by atoms with Gasteiger partial charge in [-0.05, 0) is 62.4 Å². The molecule has 1 aliphatic heterocycles. The molecule has 1 fully saturated rings. The van der Waals surface area contributed by atoms with Gasteiger partial charge in [-0.3, -0.25) is 4.79 Å². The summed E-state index contributed by atoms with van der Waals surface area (Å²) in [5.41, 5.74) is 3.82. The van der Waals surface area contributed by atoms with Crippen LogP contribution in [0.1, 0.15) is 44.5 Å². The molecule has 1 aliphatic rings. The second kappa shape index (κ2) is 10.3. The van der Waals surface area contributed by atoms with Gasteiger partial charge >= 0.3 is 11.9 Å². The molecule has 0 saturated carbocycles. The molecule has 0 radical (unpaired) electrons. The highest BCUT2D eigenvalue weighted by atomic mass is 16.6. The van der Waals surface area contributed by atoms with E-state index in [2.05, 4.69) is 10.3 Å². The number of hydrogen-bond donors (Lipinski definition) is 0. The fourth-order valence-corrected chi connectivity index (χ4v) is 4.13. The summed E-state index contributed by atoms with van der Waals surface area (Å²) >= 11 is 0. The van der Waals surface area contributed by atoms with E-state index in [1.165, 1.54) is 12.1 Å². The zero-order valence-electron chi connectivity index (χ0n) is 20.4. The number of carbonyl (C=O) groups excluding carboxylic acids is 2. The SMILES string of the molecule is Cc1ccc(C(=O)OC[C@H]2O[C@H](n3nnc4ccc(=O)ccc43)C[C@@H]2OC(=O)c2ccc(C)cc2)cc1. The Morgan fingerprint density at radius 1 is 0.892 bits per heavy atom. The first-order valence-corrected chi connectivity index (χ1v) is 11.9. The first-order valence-electron chi connectivity index (χ1n) is 11.9. The van der Waals surface area contributed by atoms with Gasteiger partial charge in [-0.25, -0.2) is 14.3 Å². The van der Waals surface area contributed by atoms with Crippen LogP contribution in [0.5, 0.6) is 0 Å². The third-order valence-electron chi connectivity index (χ3n) is 6.23. The molecule has 37 heavy (non-hydrogen) atoms. The molecule has 0 N–H and O–H groups in total. The first-order chi connectivity index (χ1) is 17.9. The van der Waals surface area contributed by atoms with Crippen molar-refractivity contribution in [3.05, 3.63) is 105 Å². The maximum Gasteiger partial charge on any atom is 0.338 e. The summed E-state index contributed by atoms with van der Waals surface area (Å²) in [6.07, 6.45) is -1.84. The van der Waals surface area contributed by atoms with Crippen molar-refractivity contribution in [2.75, 3.05) is 6.61 Å². The van der Waals surface area contributed by atoms with Gasteiger partial charge in [0.1, 0.15) is 24.3 Å². The monoisotopic (exact) mass is 499 g/mol. The van der Waals surface area contributed by atoms with Gasteiger partial charge in [-0.15, -0.1) is 5.10 Å². The van der Waals surface area contributed by atoms with E-state index in [0.29, 0.717) is 22.2 Å². The van der Waals surface area contributed by atoms with E-state index in [4.69, 9.17) is 14.2 Å². The third kappa shape index (κ3) is 5.41. The maximum absolute atomic E-state index is 12.9. The zero-order chi connectivity index (χ0) is 25.9. The highest BCUT2D eigenvalue weighted by molar-refractivity contribution is 5.90. The lowest BCUT2D eigenvalue weighted by atomic mass is 10.1. The number of hydrogen-bond acceptors (Lipinski definition) is 8. The molecule has 3 atom stereocenters. The Bertz CT molecular complexity index is 1500. The number of nitrogens with zero attached hydrogens (tertiary/aromatic N) is 3. The van der Waals surface area contributed by atoms with Crippen molar-refractivity contribution in [1.82, 2.24) is 15.0 Å². The number of carbonyl (C=O) groups is 2.